The first-order valence-corrected chi connectivity index (χ1v) is 6.97. The van der Waals surface area contributed by atoms with Crippen LogP contribution >= 0.6 is 0 Å². The highest BCUT2D eigenvalue weighted by molar-refractivity contribution is 5.92. The van der Waals surface area contributed by atoms with Crippen molar-refractivity contribution in [3.8, 4) is 0 Å². The number of morpholine rings is 1. The molecule has 0 aromatic carbocycles. The molecule has 3 rings (SSSR count). The van der Waals surface area contributed by atoms with Crippen LogP contribution in [0.15, 0.2) is 30.6 Å². The number of aromatic nitrogens is 3. The number of ether oxygens (including phenoxy) is 1. The summed E-state index contributed by atoms with van der Waals surface area (Å²) >= 11 is 0. The zero-order valence-corrected chi connectivity index (χ0v) is 12.2. The lowest BCUT2D eigenvalue weighted by atomic mass is 10.2. The molecule has 0 radical (unpaired) electrons. The smallest absolute Gasteiger partial charge is 0.270 e. The molecule has 21 heavy (non-hydrogen) atoms. The van der Waals surface area contributed by atoms with Crippen molar-refractivity contribution in [1.29, 1.82) is 0 Å². The van der Waals surface area contributed by atoms with Crippen molar-refractivity contribution in [1.82, 2.24) is 19.4 Å². The molecular weight excluding hydrogens is 268 g/mol. The molecule has 1 fully saturated rings. The highest BCUT2D eigenvalue weighted by atomic mass is 16.5. The number of nitrogens with zero attached hydrogens (tertiary/aromatic N) is 4. The predicted octanol–water partition coefficient (Wildman–Crippen LogP) is 1.34. The Kier molecular flexibility index (Phi) is 3.70. The second-order valence-corrected chi connectivity index (χ2v) is 5.14. The second-order valence-electron chi connectivity index (χ2n) is 5.14. The van der Waals surface area contributed by atoms with Gasteiger partial charge in [0, 0.05) is 26.0 Å². The minimum absolute atomic E-state index is 0.0292. The zero-order valence-electron chi connectivity index (χ0n) is 12.2. The second kappa shape index (κ2) is 5.65. The number of amides is 1. The topological polar surface area (TPSA) is 60.2 Å². The number of carbonyl (C=O) groups is 1. The largest absolute Gasteiger partial charge is 0.368 e. The van der Waals surface area contributed by atoms with Gasteiger partial charge in [0.2, 0.25) is 0 Å². The summed E-state index contributed by atoms with van der Waals surface area (Å²) in [5.41, 5.74) is 1.52. The Labute approximate surface area is 123 Å². The minimum atomic E-state index is -0.190. The summed E-state index contributed by atoms with van der Waals surface area (Å²) in [4.78, 5) is 22.8. The van der Waals surface area contributed by atoms with Crippen molar-refractivity contribution in [3.05, 3.63) is 47.8 Å². The van der Waals surface area contributed by atoms with E-state index in [9.17, 15) is 4.79 Å². The third-order valence-electron chi connectivity index (χ3n) is 3.64. The van der Waals surface area contributed by atoms with Crippen molar-refractivity contribution in [2.45, 2.75) is 13.0 Å². The number of rotatable bonds is 2. The zero-order chi connectivity index (χ0) is 14.8. The van der Waals surface area contributed by atoms with Crippen molar-refractivity contribution in [2.75, 3.05) is 19.7 Å². The van der Waals surface area contributed by atoms with Gasteiger partial charge >= 0.3 is 0 Å². The van der Waals surface area contributed by atoms with E-state index in [0.717, 1.165) is 5.69 Å². The van der Waals surface area contributed by atoms with Gasteiger partial charge in [-0.25, -0.2) is 9.97 Å². The van der Waals surface area contributed by atoms with Crippen LogP contribution in [0.2, 0.25) is 0 Å². The van der Waals surface area contributed by atoms with E-state index in [1.165, 1.54) is 0 Å². The molecule has 1 unspecified atom stereocenters. The van der Waals surface area contributed by atoms with Crippen LogP contribution in [0.5, 0.6) is 0 Å². The van der Waals surface area contributed by atoms with Crippen LogP contribution in [-0.4, -0.2) is 45.0 Å². The van der Waals surface area contributed by atoms with Gasteiger partial charge in [-0.15, -0.1) is 0 Å². The summed E-state index contributed by atoms with van der Waals surface area (Å²) in [5, 5.41) is 0. The first kappa shape index (κ1) is 13.8. The third kappa shape index (κ3) is 2.80. The van der Waals surface area contributed by atoms with Crippen LogP contribution in [0.25, 0.3) is 0 Å². The summed E-state index contributed by atoms with van der Waals surface area (Å²) in [6.07, 6.45) is 3.41. The molecule has 0 saturated carbocycles. The normalized spacial score (nSPS) is 18.8. The fraction of sp³-hybridized carbons (Fsp3) is 0.400. The summed E-state index contributed by atoms with van der Waals surface area (Å²) in [6.45, 7) is 3.48. The van der Waals surface area contributed by atoms with Crippen molar-refractivity contribution < 1.29 is 9.53 Å². The molecule has 1 aliphatic rings. The quantitative estimate of drug-likeness (QED) is 0.836. The molecule has 1 saturated heterocycles. The predicted molar refractivity (Wildman–Crippen MR) is 76.8 cm³/mol. The standard InChI is InChI=1S/C15H18N4O2/c1-11-16-6-5-12(17-11)14-10-19(8-9-21-14)15(20)13-4-3-7-18(13)2/h3-7,14H,8-10H2,1-2H3. The molecular formula is C15H18N4O2. The molecule has 1 aliphatic heterocycles. The molecule has 2 aromatic rings. The SMILES string of the molecule is Cc1nccc(C2CN(C(=O)c3cccn3C)CCO2)n1. The van der Waals surface area contributed by atoms with Gasteiger partial charge in [0.1, 0.15) is 17.6 Å². The summed E-state index contributed by atoms with van der Waals surface area (Å²) < 4.78 is 7.59. The van der Waals surface area contributed by atoms with Crippen LogP contribution in [0, 0.1) is 6.92 Å². The van der Waals surface area contributed by atoms with Crippen molar-refractivity contribution >= 4 is 5.91 Å². The van der Waals surface area contributed by atoms with E-state index in [2.05, 4.69) is 9.97 Å². The van der Waals surface area contributed by atoms with Gasteiger partial charge < -0.3 is 14.2 Å². The number of hydrogen-bond donors (Lipinski definition) is 0. The summed E-state index contributed by atoms with van der Waals surface area (Å²) in [5.74, 6) is 0.739. The minimum Gasteiger partial charge on any atom is -0.368 e. The molecule has 6 heteroatoms. The lowest BCUT2D eigenvalue weighted by Crippen LogP contribution is -2.43. The first-order chi connectivity index (χ1) is 10.1. The molecule has 3 heterocycles. The van der Waals surface area contributed by atoms with Gasteiger partial charge in [-0.1, -0.05) is 0 Å². The Morgan fingerprint density at radius 2 is 2.29 bits per heavy atom. The fourth-order valence-electron chi connectivity index (χ4n) is 2.51. The molecule has 0 bridgehead atoms. The Morgan fingerprint density at radius 1 is 1.43 bits per heavy atom. The fourth-order valence-corrected chi connectivity index (χ4v) is 2.51. The molecule has 1 atom stereocenters. The number of carbonyl (C=O) groups excluding carboxylic acids is 1. The van der Waals surface area contributed by atoms with E-state index in [1.807, 2.05) is 47.8 Å². The third-order valence-corrected chi connectivity index (χ3v) is 3.64. The molecule has 6 nitrogen and oxygen atoms in total. The maximum Gasteiger partial charge on any atom is 0.270 e. The Balaban J connectivity index is 1.77. The van der Waals surface area contributed by atoms with E-state index < -0.39 is 0 Å². The monoisotopic (exact) mass is 286 g/mol. The molecule has 0 N–H and O–H groups in total. The highest BCUT2D eigenvalue weighted by Crippen LogP contribution is 2.21. The molecule has 0 aliphatic carbocycles. The summed E-state index contributed by atoms with van der Waals surface area (Å²) in [7, 11) is 1.87. The van der Waals surface area contributed by atoms with Crippen molar-refractivity contribution in [3.63, 3.8) is 0 Å². The van der Waals surface area contributed by atoms with Gasteiger partial charge in [-0.05, 0) is 25.1 Å². The lowest BCUT2D eigenvalue weighted by molar-refractivity contribution is -0.0251. The lowest BCUT2D eigenvalue weighted by Gasteiger charge is -2.32. The Morgan fingerprint density at radius 3 is 3.00 bits per heavy atom. The molecule has 110 valence electrons. The van der Waals surface area contributed by atoms with Crippen LogP contribution in [0.1, 0.15) is 28.1 Å². The Hall–Kier alpha value is -2.21. The first-order valence-electron chi connectivity index (χ1n) is 6.97. The van der Waals surface area contributed by atoms with Gasteiger partial charge in [-0.2, -0.15) is 0 Å². The van der Waals surface area contributed by atoms with Crippen LogP contribution in [0.3, 0.4) is 0 Å². The van der Waals surface area contributed by atoms with Gasteiger partial charge in [0.15, 0.2) is 0 Å². The van der Waals surface area contributed by atoms with Gasteiger partial charge in [0.25, 0.3) is 5.91 Å². The average Bonchev–Trinajstić information content (AvgIpc) is 2.93. The van der Waals surface area contributed by atoms with Crippen molar-refractivity contribution in [2.24, 2.45) is 7.05 Å². The molecule has 1 amide bonds. The van der Waals surface area contributed by atoms with E-state index in [-0.39, 0.29) is 12.0 Å². The van der Waals surface area contributed by atoms with Crippen LogP contribution < -0.4 is 0 Å². The molecule has 2 aromatic heterocycles. The van der Waals surface area contributed by atoms with Gasteiger partial charge in [-0.3, -0.25) is 4.79 Å². The average molecular weight is 286 g/mol. The highest BCUT2D eigenvalue weighted by Gasteiger charge is 2.27. The van der Waals surface area contributed by atoms with Gasteiger partial charge in [0.05, 0.1) is 18.8 Å². The number of hydrogen-bond acceptors (Lipinski definition) is 4. The maximum absolute atomic E-state index is 12.5. The summed E-state index contributed by atoms with van der Waals surface area (Å²) in [6, 6.07) is 5.55. The van der Waals surface area contributed by atoms with E-state index in [0.29, 0.717) is 31.2 Å². The van der Waals surface area contributed by atoms with Crippen LogP contribution in [0.4, 0.5) is 0 Å². The maximum atomic E-state index is 12.5. The van der Waals surface area contributed by atoms with E-state index in [4.69, 9.17) is 4.74 Å². The Bertz CT molecular complexity index is 653. The van der Waals surface area contributed by atoms with Crippen LogP contribution in [-0.2, 0) is 11.8 Å². The number of aryl methyl sites for hydroxylation is 2. The van der Waals surface area contributed by atoms with E-state index in [1.54, 1.807) is 6.20 Å². The van der Waals surface area contributed by atoms with E-state index >= 15 is 0 Å². The molecule has 0 spiro atoms.